The second-order valence-corrected chi connectivity index (χ2v) is 7.39. The van der Waals surface area contributed by atoms with Gasteiger partial charge < -0.3 is 0 Å². The highest BCUT2D eigenvalue weighted by Crippen LogP contribution is 2.56. The van der Waals surface area contributed by atoms with Gasteiger partial charge in [-0.25, -0.2) is 0 Å². The number of hydrogen-bond acceptors (Lipinski definition) is 0. The molecule has 0 aliphatic heterocycles. The fraction of sp³-hybridized carbons (Fsp3) is 0.250. The van der Waals surface area contributed by atoms with Crippen molar-refractivity contribution in [1.82, 2.24) is 0 Å². The smallest absolute Gasteiger partial charge is 0.00868 e. The Morgan fingerprint density at radius 1 is 0.375 bits per heavy atom. The standard InChI is InChI=1S/C24H22/c1-3-7-17(8-4-1)21-15-23(21)19-11-13-20(14-12-19)24-16-22(24)18-9-5-2-6-10-18/h1-14,21-24H,15-16H2/t21-,22?,23-,24?/m1/s1. The third kappa shape index (κ3) is 2.57. The van der Waals surface area contributed by atoms with Crippen LogP contribution in [0.4, 0.5) is 0 Å². The van der Waals surface area contributed by atoms with Gasteiger partial charge in [0.1, 0.15) is 0 Å². The van der Waals surface area contributed by atoms with Crippen LogP contribution in [0.1, 0.15) is 58.8 Å². The van der Waals surface area contributed by atoms with Crippen molar-refractivity contribution in [3.8, 4) is 0 Å². The van der Waals surface area contributed by atoms with E-state index in [0.717, 1.165) is 23.7 Å². The molecule has 2 saturated carbocycles. The van der Waals surface area contributed by atoms with E-state index in [1.54, 1.807) is 0 Å². The average Bonchev–Trinajstić information content (AvgIpc) is 3.57. The van der Waals surface area contributed by atoms with Gasteiger partial charge in [0, 0.05) is 0 Å². The van der Waals surface area contributed by atoms with Crippen molar-refractivity contribution >= 4 is 0 Å². The van der Waals surface area contributed by atoms with Gasteiger partial charge in [-0.3, -0.25) is 0 Å². The molecule has 0 heteroatoms. The molecule has 2 unspecified atom stereocenters. The highest BCUT2D eigenvalue weighted by atomic mass is 14.4. The predicted octanol–water partition coefficient (Wildman–Crippen LogP) is 6.23. The molecule has 4 atom stereocenters. The van der Waals surface area contributed by atoms with E-state index in [1.165, 1.54) is 35.1 Å². The van der Waals surface area contributed by atoms with E-state index < -0.39 is 0 Å². The van der Waals surface area contributed by atoms with Crippen LogP contribution in [0.3, 0.4) is 0 Å². The molecule has 0 saturated heterocycles. The molecule has 0 nitrogen and oxygen atoms in total. The molecule has 3 aromatic rings. The number of hydrogen-bond donors (Lipinski definition) is 0. The van der Waals surface area contributed by atoms with E-state index in [0.29, 0.717) is 0 Å². The quantitative estimate of drug-likeness (QED) is 0.536. The Labute approximate surface area is 144 Å². The van der Waals surface area contributed by atoms with Gasteiger partial charge in [0.05, 0.1) is 0 Å². The molecule has 2 aliphatic rings. The Bertz CT molecular complexity index is 744. The lowest BCUT2D eigenvalue weighted by atomic mass is 10.0. The van der Waals surface area contributed by atoms with Crippen LogP contribution in [-0.2, 0) is 0 Å². The van der Waals surface area contributed by atoms with E-state index >= 15 is 0 Å². The van der Waals surface area contributed by atoms with Gasteiger partial charge in [0.25, 0.3) is 0 Å². The third-order valence-corrected chi connectivity index (χ3v) is 5.83. The summed E-state index contributed by atoms with van der Waals surface area (Å²) in [5.41, 5.74) is 6.03. The zero-order valence-corrected chi connectivity index (χ0v) is 13.8. The fourth-order valence-electron chi connectivity index (χ4n) is 4.25. The SMILES string of the molecule is c1ccc(C2CC2c2ccc([C@H]3C[C@@H]3c3ccccc3)cc2)cc1. The topological polar surface area (TPSA) is 0 Å². The second-order valence-electron chi connectivity index (χ2n) is 7.39. The molecule has 2 fully saturated rings. The predicted molar refractivity (Wildman–Crippen MR) is 99.5 cm³/mol. The Morgan fingerprint density at radius 2 is 0.667 bits per heavy atom. The van der Waals surface area contributed by atoms with Crippen LogP contribution in [-0.4, -0.2) is 0 Å². The maximum Gasteiger partial charge on any atom is -0.00868 e. The van der Waals surface area contributed by atoms with Crippen molar-refractivity contribution < 1.29 is 0 Å². The molecule has 0 aromatic heterocycles. The Kier molecular flexibility index (Phi) is 3.29. The normalized spacial score (nSPS) is 27.7. The average molecular weight is 310 g/mol. The van der Waals surface area contributed by atoms with Crippen molar-refractivity contribution in [2.24, 2.45) is 0 Å². The molecule has 0 bridgehead atoms. The van der Waals surface area contributed by atoms with Gasteiger partial charge in [-0.15, -0.1) is 0 Å². The molecule has 0 heterocycles. The van der Waals surface area contributed by atoms with Crippen LogP contribution in [0, 0.1) is 0 Å². The highest BCUT2D eigenvalue weighted by molar-refractivity contribution is 5.41. The molecule has 5 rings (SSSR count). The molecule has 0 N–H and O–H groups in total. The summed E-state index contributed by atoms with van der Waals surface area (Å²) in [7, 11) is 0. The van der Waals surface area contributed by atoms with Crippen molar-refractivity contribution in [2.75, 3.05) is 0 Å². The summed E-state index contributed by atoms with van der Waals surface area (Å²) in [4.78, 5) is 0. The summed E-state index contributed by atoms with van der Waals surface area (Å²) in [6, 6.07) is 31.4. The molecule has 0 radical (unpaired) electrons. The first-order valence-corrected chi connectivity index (χ1v) is 9.10. The summed E-state index contributed by atoms with van der Waals surface area (Å²) < 4.78 is 0. The zero-order chi connectivity index (χ0) is 15.9. The van der Waals surface area contributed by atoms with Crippen molar-refractivity contribution in [3.05, 3.63) is 107 Å². The fourth-order valence-corrected chi connectivity index (χ4v) is 4.25. The second kappa shape index (κ2) is 5.63. The maximum absolute atomic E-state index is 2.38. The number of benzene rings is 3. The molecule has 0 spiro atoms. The van der Waals surface area contributed by atoms with Crippen LogP contribution < -0.4 is 0 Å². The first kappa shape index (κ1) is 14.0. The van der Waals surface area contributed by atoms with E-state index in [1.807, 2.05) is 0 Å². The minimum Gasteiger partial charge on any atom is -0.0622 e. The van der Waals surface area contributed by atoms with Crippen LogP contribution in [0.15, 0.2) is 84.9 Å². The minimum atomic E-state index is 0.727. The molecule has 3 aromatic carbocycles. The Balaban J connectivity index is 1.28. The maximum atomic E-state index is 2.38. The molecule has 0 amide bonds. The summed E-state index contributed by atoms with van der Waals surface area (Å²) in [5.74, 6) is 2.92. The molecular weight excluding hydrogens is 288 g/mol. The molecule has 2 aliphatic carbocycles. The van der Waals surface area contributed by atoms with Gasteiger partial charge in [0.2, 0.25) is 0 Å². The van der Waals surface area contributed by atoms with E-state index in [2.05, 4.69) is 84.9 Å². The summed E-state index contributed by atoms with van der Waals surface area (Å²) in [6.45, 7) is 0. The molecule has 24 heavy (non-hydrogen) atoms. The highest BCUT2D eigenvalue weighted by Gasteiger charge is 2.41. The Hall–Kier alpha value is -2.34. The van der Waals surface area contributed by atoms with Crippen LogP contribution in [0.2, 0.25) is 0 Å². The monoisotopic (exact) mass is 310 g/mol. The first-order valence-electron chi connectivity index (χ1n) is 9.10. The summed E-state index contributed by atoms with van der Waals surface area (Å²) in [6.07, 6.45) is 2.61. The van der Waals surface area contributed by atoms with Gasteiger partial charge in [-0.2, -0.15) is 0 Å². The van der Waals surface area contributed by atoms with Gasteiger partial charge in [0.15, 0.2) is 0 Å². The summed E-state index contributed by atoms with van der Waals surface area (Å²) >= 11 is 0. The third-order valence-electron chi connectivity index (χ3n) is 5.83. The van der Waals surface area contributed by atoms with E-state index in [9.17, 15) is 0 Å². The lowest BCUT2D eigenvalue weighted by Gasteiger charge is -2.05. The van der Waals surface area contributed by atoms with E-state index in [-0.39, 0.29) is 0 Å². The van der Waals surface area contributed by atoms with Gasteiger partial charge in [-0.05, 0) is 58.8 Å². The summed E-state index contributed by atoms with van der Waals surface area (Å²) in [5, 5.41) is 0. The molecule has 118 valence electrons. The number of rotatable bonds is 4. The van der Waals surface area contributed by atoms with Gasteiger partial charge >= 0.3 is 0 Å². The lowest BCUT2D eigenvalue weighted by Crippen LogP contribution is -1.87. The lowest BCUT2D eigenvalue weighted by molar-refractivity contribution is 1.00. The minimum absolute atomic E-state index is 0.727. The van der Waals surface area contributed by atoms with Crippen molar-refractivity contribution in [2.45, 2.75) is 36.5 Å². The molecular formula is C24H22. The Morgan fingerprint density at radius 3 is 1.00 bits per heavy atom. The van der Waals surface area contributed by atoms with Crippen molar-refractivity contribution in [1.29, 1.82) is 0 Å². The zero-order valence-electron chi connectivity index (χ0n) is 13.8. The van der Waals surface area contributed by atoms with Gasteiger partial charge in [-0.1, -0.05) is 84.9 Å². The van der Waals surface area contributed by atoms with E-state index in [4.69, 9.17) is 0 Å². The largest absolute Gasteiger partial charge is 0.0622 e. The van der Waals surface area contributed by atoms with Crippen LogP contribution in [0.25, 0.3) is 0 Å². The van der Waals surface area contributed by atoms with Crippen LogP contribution in [0.5, 0.6) is 0 Å². The first-order chi connectivity index (χ1) is 11.9. The van der Waals surface area contributed by atoms with Crippen LogP contribution >= 0.6 is 0 Å². The van der Waals surface area contributed by atoms with Crippen molar-refractivity contribution in [3.63, 3.8) is 0 Å².